The van der Waals surface area contributed by atoms with Crippen molar-refractivity contribution in [1.82, 2.24) is 4.57 Å². The zero-order valence-electron chi connectivity index (χ0n) is 14.7. The van der Waals surface area contributed by atoms with Gasteiger partial charge in [0.25, 0.3) is 0 Å². The third-order valence-corrected chi connectivity index (χ3v) is 4.31. The van der Waals surface area contributed by atoms with E-state index < -0.39 is 5.97 Å². The van der Waals surface area contributed by atoms with Crippen molar-refractivity contribution in [3.8, 4) is 16.9 Å². The van der Waals surface area contributed by atoms with E-state index in [-0.39, 0.29) is 5.69 Å². The lowest BCUT2D eigenvalue weighted by atomic mass is 10.0. The molecule has 25 heavy (non-hydrogen) atoms. The van der Waals surface area contributed by atoms with Crippen LogP contribution >= 0.6 is 0 Å². The van der Waals surface area contributed by atoms with E-state index in [1.165, 1.54) is 4.90 Å². The lowest BCUT2D eigenvalue weighted by molar-refractivity contribution is -0.858. The molecule has 0 atom stereocenters. The fraction of sp³-hybridized carbons (Fsp3) is 0.250. The Labute approximate surface area is 147 Å². The van der Waals surface area contributed by atoms with Crippen LogP contribution in [-0.4, -0.2) is 37.8 Å². The minimum absolute atomic E-state index is 0.180. The Bertz CT molecular complexity index is 895. The van der Waals surface area contributed by atoms with Crippen molar-refractivity contribution in [2.24, 2.45) is 7.05 Å². The highest BCUT2D eigenvalue weighted by Gasteiger charge is 2.08. The molecule has 5 nitrogen and oxygen atoms in total. The van der Waals surface area contributed by atoms with Gasteiger partial charge in [-0.05, 0) is 35.4 Å². The number of carboxylic acids is 1. The third kappa shape index (κ3) is 3.67. The molecule has 2 aromatic carbocycles. The van der Waals surface area contributed by atoms with Crippen LogP contribution in [0.4, 0.5) is 0 Å². The molecular formula is C20H22N2O3. The standard InChI is InChI=1S/C20H22N2O3/c1-21(2)10-11-25-17-8-6-14(7-9-17)15-4-5-16-13-19(20(23)24)22(3)18(16)12-15/h4-9,12-13H,10-11H2,1-3H3,(H,23,24). The van der Waals surface area contributed by atoms with Crippen LogP contribution in [-0.2, 0) is 7.05 Å². The number of aryl methyl sites for hydroxylation is 1. The molecule has 0 fully saturated rings. The van der Waals surface area contributed by atoms with Gasteiger partial charge in [-0.15, -0.1) is 0 Å². The normalized spacial score (nSPS) is 11.2. The van der Waals surface area contributed by atoms with Crippen molar-refractivity contribution in [2.45, 2.75) is 0 Å². The predicted molar refractivity (Wildman–Crippen MR) is 95.9 cm³/mol. The molecule has 0 saturated heterocycles. The molecule has 5 heteroatoms. The van der Waals surface area contributed by atoms with Gasteiger partial charge in [0.05, 0.1) is 25.8 Å². The second-order valence-electron chi connectivity index (χ2n) is 6.48. The molecule has 0 bridgehead atoms. The molecule has 0 unspecified atom stereocenters. The summed E-state index contributed by atoms with van der Waals surface area (Å²) in [5.41, 5.74) is 3.14. The first-order valence-corrected chi connectivity index (χ1v) is 8.29. The van der Waals surface area contributed by atoms with Crippen molar-refractivity contribution in [3.63, 3.8) is 0 Å². The van der Waals surface area contributed by atoms with Crippen molar-refractivity contribution in [2.75, 3.05) is 27.2 Å². The molecule has 0 aliphatic carbocycles. The maximum absolute atomic E-state index is 11.2. The van der Waals surface area contributed by atoms with Gasteiger partial charge in [0, 0.05) is 18.0 Å². The number of carboxylic acid groups (broad SMARTS) is 1. The first-order valence-electron chi connectivity index (χ1n) is 8.29. The summed E-state index contributed by atoms with van der Waals surface area (Å²) in [7, 11) is 5.93. The number of carbonyl (C=O) groups excluding carboxylic acids is 1. The van der Waals surface area contributed by atoms with Crippen LogP contribution in [0.1, 0.15) is 10.5 Å². The van der Waals surface area contributed by atoms with Crippen molar-refractivity contribution < 1.29 is 19.5 Å². The number of aromatic nitrogens is 1. The number of benzene rings is 2. The van der Waals surface area contributed by atoms with E-state index in [9.17, 15) is 9.90 Å². The van der Waals surface area contributed by atoms with Gasteiger partial charge in [-0.25, -0.2) is 0 Å². The molecule has 3 rings (SSSR count). The number of quaternary nitrogens is 1. The summed E-state index contributed by atoms with van der Waals surface area (Å²) >= 11 is 0. The molecule has 3 aromatic rings. The van der Waals surface area contributed by atoms with E-state index in [1.54, 1.807) is 17.7 Å². The van der Waals surface area contributed by atoms with Crippen molar-refractivity contribution >= 4 is 16.9 Å². The second-order valence-corrected chi connectivity index (χ2v) is 6.48. The largest absolute Gasteiger partial charge is 0.543 e. The molecule has 1 heterocycles. The van der Waals surface area contributed by atoms with Crippen LogP contribution in [0.3, 0.4) is 0 Å². The monoisotopic (exact) mass is 338 g/mol. The molecule has 130 valence electrons. The van der Waals surface area contributed by atoms with E-state index in [0.717, 1.165) is 34.3 Å². The molecule has 0 radical (unpaired) electrons. The van der Waals surface area contributed by atoms with Crippen LogP contribution in [0.25, 0.3) is 22.0 Å². The predicted octanol–water partition coefficient (Wildman–Crippen LogP) is 0.732. The first kappa shape index (κ1) is 17.0. The van der Waals surface area contributed by atoms with E-state index in [4.69, 9.17) is 4.74 Å². The number of aromatic carboxylic acids is 1. The van der Waals surface area contributed by atoms with Gasteiger partial charge in [-0.3, -0.25) is 0 Å². The summed E-state index contributed by atoms with van der Waals surface area (Å²) in [6, 6.07) is 15.5. The average molecular weight is 338 g/mol. The zero-order chi connectivity index (χ0) is 18.0. The van der Waals surface area contributed by atoms with Gasteiger partial charge in [0.1, 0.15) is 18.9 Å². The quantitative estimate of drug-likeness (QED) is 0.721. The van der Waals surface area contributed by atoms with Gasteiger partial charge in [-0.2, -0.15) is 0 Å². The highest BCUT2D eigenvalue weighted by molar-refractivity contribution is 5.95. The first-order chi connectivity index (χ1) is 12.0. The SMILES string of the molecule is Cn1c(C(=O)[O-])cc2ccc(-c3ccc(OCC[NH+](C)C)cc3)cc21. The number of ether oxygens (including phenoxy) is 1. The number of likely N-dealkylation sites (N-methyl/N-ethyl adjacent to an activating group) is 1. The third-order valence-electron chi connectivity index (χ3n) is 4.31. The summed E-state index contributed by atoms with van der Waals surface area (Å²) < 4.78 is 7.38. The summed E-state index contributed by atoms with van der Waals surface area (Å²) in [6.07, 6.45) is 0. The molecule has 0 spiro atoms. The summed E-state index contributed by atoms with van der Waals surface area (Å²) in [5.74, 6) is -0.314. The lowest BCUT2D eigenvalue weighted by Gasteiger charge is -2.10. The number of carbonyl (C=O) groups is 1. The Morgan fingerprint density at radius 2 is 1.76 bits per heavy atom. The molecule has 1 N–H and O–H groups in total. The number of nitrogens with one attached hydrogen (secondary N) is 1. The molecular weight excluding hydrogens is 316 g/mol. The maximum atomic E-state index is 11.2. The van der Waals surface area contributed by atoms with Gasteiger partial charge in [0.15, 0.2) is 0 Å². The second kappa shape index (κ2) is 6.99. The number of hydrogen-bond acceptors (Lipinski definition) is 3. The summed E-state index contributed by atoms with van der Waals surface area (Å²) in [5, 5.41) is 12.1. The van der Waals surface area contributed by atoms with Crippen LogP contribution in [0, 0.1) is 0 Å². The van der Waals surface area contributed by atoms with Crippen molar-refractivity contribution in [1.29, 1.82) is 0 Å². The van der Waals surface area contributed by atoms with E-state index in [0.29, 0.717) is 6.61 Å². The van der Waals surface area contributed by atoms with Crippen LogP contribution in [0.5, 0.6) is 5.75 Å². The maximum Gasteiger partial charge on any atom is 0.137 e. The Morgan fingerprint density at radius 1 is 1.08 bits per heavy atom. The molecule has 0 amide bonds. The number of hydrogen-bond donors (Lipinski definition) is 1. The Kier molecular flexibility index (Phi) is 4.76. The molecule has 0 saturated carbocycles. The van der Waals surface area contributed by atoms with Crippen LogP contribution in [0.2, 0.25) is 0 Å². The summed E-state index contributed by atoms with van der Waals surface area (Å²) in [4.78, 5) is 12.5. The molecule has 1 aromatic heterocycles. The Balaban J connectivity index is 1.84. The smallest absolute Gasteiger partial charge is 0.137 e. The van der Waals surface area contributed by atoms with E-state index in [1.807, 2.05) is 42.5 Å². The number of fused-ring (bicyclic) bond motifs is 1. The Morgan fingerprint density at radius 3 is 2.40 bits per heavy atom. The fourth-order valence-corrected chi connectivity index (χ4v) is 2.82. The fourth-order valence-electron chi connectivity index (χ4n) is 2.82. The zero-order valence-corrected chi connectivity index (χ0v) is 14.7. The topological polar surface area (TPSA) is 58.7 Å². The molecule has 0 aliphatic rings. The van der Waals surface area contributed by atoms with Crippen LogP contribution in [0.15, 0.2) is 48.5 Å². The van der Waals surface area contributed by atoms with Crippen LogP contribution < -0.4 is 14.7 Å². The van der Waals surface area contributed by atoms with Gasteiger partial charge in [-0.1, -0.05) is 24.3 Å². The van der Waals surface area contributed by atoms with Crippen molar-refractivity contribution in [3.05, 3.63) is 54.2 Å². The average Bonchev–Trinajstić information content (AvgIpc) is 2.92. The Hall–Kier alpha value is -2.79. The number of nitrogens with zero attached hydrogens (tertiary/aromatic N) is 1. The lowest BCUT2D eigenvalue weighted by Crippen LogP contribution is -3.06. The van der Waals surface area contributed by atoms with E-state index in [2.05, 4.69) is 14.1 Å². The minimum Gasteiger partial charge on any atom is -0.543 e. The van der Waals surface area contributed by atoms with Gasteiger partial charge >= 0.3 is 0 Å². The van der Waals surface area contributed by atoms with E-state index >= 15 is 0 Å². The highest BCUT2D eigenvalue weighted by atomic mass is 16.5. The van der Waals surface area contributed by atoms with Gasteiger partial charge < -0.3 is 24.1 Å². The molecule has 0 aliphatic heterocycles. The minimum atomic E-state index is -1.17. The number of rotatable bonds is 6. The highest BCUT2D eigenvalue weighted by Crippen LogP contribution is 2.27. The van der Waals surface area contributed by atoms with Gasteiger partial charge in [0.2, 0.25) is 0 Å². The summed E-state index contributed by atoms with van der Waals surface area (Å²) in [6.45, 7) is 1.63.